The van der Waals surface area contributed by atoms with E-state index >= 15 is 0 Å². The Balaban J connectivity index is 1.37. The van der Waals surface area contributed by atoms with Gasteiger partial charge in [0, 0.05) is 37.0 Å². The third-order valence-electron chi connectivity index (χ3n) is 4.56. The van der Waals surface area contributed by atoms with E-state index in [2.05, 4.69) is 11.4 Å². The standard InChI is InChI=1S/C17H24N2O3S/c20-16(6-5-14-3-2-12-23-14)18-13-7-9-19(10-8-13)17(21)15-4-1-11-22-15/h2-3,12-13,15H,1,4-11H2,(H,18,20). The summed E-state index contributed by atoms with van der Waals surface area (Å²) in [7, 11) is 0. The summed E-state index contributed by atoms with van der Waals surface area (Å²) in [6.07, 6.45) is 4.61. The van der Waals surface area contributed by atoms with Crippen LogP contribution in [0.1, 0.15) is 37.0 Å². The minimum atomic E-state index is -0.230. The summed E-state index contributed by atoms with van der Waals surface area (Å²) < 4.78 is 5.47. The molecule has 1 unspecified atom stereocenters. The lowest BCUT2D eigenvalue weighted by Crippen LogP contribution is -2.49. The van der Waals surface area contributed by atoms with Gasteiger partial charge >= 0.3 is 0 Å². The Hall–Kier alpha value is -1.40. The van der Waals surface area contributed by atoms with Crippen LogP contribution in [0.15, 0.2) is 17.5 Å². The number of likely N-dealkylation sites (tertiary alicyclic amines) is 1. The topological polar surface area (TPSA) is 58.6 Å². The van der Waals surface area contributed by atoms with Crippen molar-refractivity contribution < 1.29 is 14.3 Å². The maximum absolute atomic E-state index is 12.3. The molecule has 0 aliphatic carbocycles. The van der Waals surface area contributed by atoms with Crippen LogP contribution in [0, 0.1) is 0 Å². The van der Waals surface area contributed by atoms with Crippen LogP contribution in [-0.4, -0.2) is 48.6 Å². The number of hydrogen-bond donors (Lipinski definition) is 1. The Morgan fingerprint density at radius 2 is 2.13 bits per heavy atom. The minimum absolute atomic E-state index is 0.113. The summed E-state index contributed by atoms with van der Waals surface area (Å²) in [6.45, 7) is 2.14. The summed E-state index contributed by atoms with van der Waals surface area (Å²) in [6, 6.07) is 4.27. The zero-order chi connectivity index (χ0) is 16.1. The SMILES string of the molecule is O=C(CCc1cccs1)NC1CCN(C(=O)C2CCCO2)CC1. The number of nitrogens with zero attached hydrogens (tertiary/aromatic N) is 1. The van der Waals surface area contributed by atoms with Crippen LogP contribution in [0.3, 0.4) is 0 Å². The predicted octanol–water partition coefficient (Wildman–Crippen LogP) is 1.97. The van der Waals surface area contributed by atoms with E-state index < -0.39 is 0 Å². The van der Waals surface area contributed by atoms with E-state index in [9.17, 15) is 9.59 Å². The number of aryl methyl sites for hydroxylation is 1. The molecule has 0 aromatic carbocycles. The Morgan fingerprint density at radius 1 is 1.30 bits per heavy atom. The number of hydrogen-bond acceptors (Lipinski definition) is 4. The summed E-state index contributed by atoms with van der Waals surface area (Å²) in [5.74, 6) is 0.243. The molecule has 2 fully saturated rings. The summed E-state index contributed by atoms with van der Waals surface area (Å²) in [5.41, 5.74) is 0. The number of nitrogens with one attached hydrogen (secondary N) is 1. The lowest BCUT2D eigenvalue weighted by molar-refractivity contribution is -0.142. The Morgan fingerprint density at radius 3 is 2.78 bits per heavy atom. The van der Waals surface area contributed by atoms with E-state index in [0.29, 0.717) is 26.1 Å². The number of piperidine rings is 1. The van der Waals surface area contributed by atoms with Gasteiger partial charge in [0.15, 0.2) is 0 Å². The molecule has 2 saturated heterocycles. The molecular weight excluding hydrogens is 312 g/mol. The number of amides is 2. The van der Waals surface area contributed by atoms with Crippen LogP contribution in [0.25, 0.3) is 0 Å². The van der Waals surface area contributed by atoms with Crippen LogP contribution < -0.4 is 5.32 Å². The van der Waals surface area contributed by atoms with Gasteiger partial charge in [0.05, 0.1) is 0 Å². The lowest BCUT2D eigenvalue weighted by atomic mass is 10.0. The van der Waals surface area contributed by atoms with Crippen LogP contribution in [0.5, 0.6) is 0 Å². The fourth-order valence-corrected chi connectivity index (χ4v) is 3.92. The van der Waals surface area contributed by atoms with E-state index in [1.165, 1.54) is 4.88 Å². The van der Waals surface area contributed by atoms with Gasteiger partial charge in [-0.15, -0.1) is 11.3 Å². The van der Waals surface area contributed by atoms with E-state index in [4.69, 9.17) is 4.74 Å². The summed E-state index contributed by atoms with van der Waals surface area (Å²) in [5, 5.41) is 5.14. The normalized spacial score (nSPS) is 22.3. The van der Waals surface area contributed by atoms with Crippen LogP contribution in [0.2, 0.25) is 0 Å². The Bertz CT molecular complexity index is 518. The molecule has 0 bridgehead atoms. The van der Waals surface area contributed by atoms with E-state index in [-0.39, 0.29) is 24.0 Å². The van der Waals surface area contributed by atoms with E-state index in [1.807, 2.05) is 16.3 Å². The van der Waals surface area contributed by atoms with Gasteiger partial charge in [-0.2, -0.15) is 0 Å². The Kier molecular flexibility index (Phi) is 5.67. The Labute approximate surface area is 141 Å². The fraction of sp³-hybridized carbons (Fsp3) is 0.647. The molecule has 1 aromatic rings. The van der Waals surface area contributed by atoms with Gasteiger partial charge in [0.1, 0.15) is 6.10 Å². The van der Waals surface area contributed by atoms with Crippen molar-refractivity contribution in [3.05, 3.63) is 22.4 Å². The van der Waals surface area contributed by atoms with Crippen LogP contribution >= 0.6 is 11.3 Å². The number of thiophene rings is 1. The average molecular weight is 336 g/mol. The molecule has 1 N–H and O–H groups in total. The molecule has 2 aliphatic heterocycles. The van der Waals surface area contributed by atoms with Crippen molar-refractivity contribution in [1.29, 1.82) is 0 Å². The highest BCUT2D eigenvalue weighted by molar-refractivity contribution is 7.09. The molecule has 2 aliphatic rings. The molecule has 3 heterocycles. The minimum Gasteiger partial charge on any atom is -0.368 e. The third-order valence-corrected chi connectivity index (χ3v) is 5.49. The fourth-order valence-electron chi connectivity index (χ4n) is 3.21. The third kappa shape index (κ3) is 4.54. The molecule has 0 spiro atoms. The van der Waals surface area contributed by atoms with Crippen molar-refractivity contribution in [2.75, 3.05) is 19.7 Å². The second-order valence-electron chi connectivity index (χ2n) is 6.25. The van der Waals surface area contributed by atoms with Gasteiger partial charge in [-0.1, -0.05) is 6.07 Å². The van der Waals surface area contributed by atoms with Crippen LogP contribution in [0.4, 0.5) is 0 Å². The molecule has 1 atom stereocenters. The van der Waals surface area contributed by atoms with Crippen molar-refractivity contribution >= 4 is 23.2 Å². The molecule has 6 heteroatoms. The zero-order valence-electron chi connectivity index (χ0n) is 13.3. The number of carbonyl (C=O) groups excluding carboxylic acids is 2. The van der Waals surface area contributed by atoms with Crippen molar-refractivity contribution in [3.8, 4) is 0 Å². The van der Waals surface area contributed by atoms with Gasteiger partial charge in [-0.25, -0.2) is 0 Å². The maximum atomic E-state index is 12.3. The monoisotopic (exact) mass is 336 g/mol. The van der Waals surface area contributed by atoms with Gasteiger partial charge in [0.25, 0.3) is 5.91 Å². The van der Waals surface area contributed by atoms with Crippen molar-refractivity contribution in [2.24, 2.45) is 0 Å². The first-order valence-electron chi connectivity index (χ1n) is 8.44. The first kappa shape index (κ1) is 16.5. The van der Waals surface area contributed by atoms with Gasteiger partial charge < -0.3 is 15.0 Å². The second-order valence-corrected chi connectivity index (χ2v) is 7.28. The lowest BCUT2D eigenvalue weighted by Gasteiger charge is -2.33. The van der Waals surface area contributed by atoms with Gasteiger partial charge in [-0.3, -0.25) is 9.59 Å². The summed E-state index contributed by atoms with van der Waals surface area (Å²) >= 11 is 1.69. The molecule has 1 aromatic heterocycles. The molecule has 126 valence electrons. The van der Waals surface area contributed by atoms with Crippen molar-refractivity contribution in [1.82, 2.24) is 10.2 Å². The molecule has 3 rings (SSSR count). The highest BCUT2D eigenvalue weighted by Crippen LogP contribution is 2.18. The maximum Gasteiger partial charge on any atom is 0.251 e. The molecule has 0 saturated carbocycles. The van der Waals surface area contributed by atoms with E-state index in [0.717, 1.165) is 32.1 Å². The molecule has 0 radical (unpaired) electrons. The first-order valence-corrected chi connectivity index (χ1v) is 9.32. The zero-order valence-corrected chi connectivity index (χ0v) is 14.1. The molecular formula is C17H24N2O3S. The van der Waals surface area contributed by atoms with Crippen LogP contribution in [-0.2, 0) is 20.7 Å². The average Bonchev–Trinajstić information content (AvgIpc) is 3.26. The quantitative estimate of drug-likeness (QED) is 0.894. The molecule has 5 nitrogen and oxygen atoms in total. The summed E-state index contributed by atoms with van der Waals surface area (Å²) in [4.78, 5) is 27.4. The smallest absolute Gasteiger partial charge is 0.251 e. The highest BCUT2D eigenvalue weighted by atomic mass is 32.1. The number of carbonyl (C=O) groups is 2. The van der Waals surface area contributed by atoms with Gasteiger partial charge in [-0.05, 0) is 43.6 Å². The van der Waals surface area contributed by atoms with Crippen molar-refractivity contribution in [2.45, 2.75) is 50.7 Å². The van der Waals surface area contributed by atoms with E-state index in [1.54, 1.807) is 11.3 Å². The second kappa shape index (κ2) is 7.93. The molecule has 2 amide bonds. The van der Waals surface area contributed by atoms with Crippen molar-refractivity contribution in [3.63, 3.8) is 0 Å². The highest BCUT2D eigenvalue weighted by Gasteiger charge is 2.31. The first-order chi connectivity index (χ1) is 11.2. The number of rotatable bonds is 5. The molecule has 23 heavy (non-hydrogen) atoms. The van der Waals surface area contributed by atoms with Gasteiger partial charge in [0.2, 0.25) is 5.91 Å². The predicted molar refractivity (Wildman–Crippen MR) is 89.4 cm³/mol. The number of ether oxygens (including phenoxy) is 1. The largest absolute Gasteiger partial charge is 0.368 e.